The Morgan fingerprint density at radius 1 is 1.24 bits per heavy atom. The zero-order valence-corrected chi connectivity index (χ0v) is 15.3. The van der Waals surface area contributed by atoms with Crippen molar-refractivity contribution in [3.63, 3.8) is 0 Å². The van der Waals surface area contributed by atoms with Crippen molar-refractivity contribution >= 4 is 23.6 Å². The Bertz CT molecular complexity index is 656. The maximum absolute atomic E-state index is 12.4. The second-order valence-corrected chi connectivity index (χ2v) is 8.68. The van der Waals surface area contributed by atoms with Crippen molar-refractivity contribution in [1.82, 2.24) is 10.3 Å². The summed E-state index contributed by atoms with van der Waals surface area (Å²) in [5, 5.41) is 3.84. The highest BCUT2D eigenvalue weighted by Gasteiger charge is 2.51. The number of rotatable bonds is 5. The fourth-order valence-electron chi connectivity index (χ4n) is 5.51. The van der Waals surface area contributed by atoms with Crippen LogP contribution in [-0.4, -0.2) is 35.3 Å². The number of nitrogens with zero attached hydrogens (tertiary/aromatic N) is 1. The lowest BCUT2D eigenvalue weighted by atomic mass is 9.53. The van der Waals surface area contributed by atoms with Crippen LogP contribution in [0.1, 0.15) is 48.9 Å². The van der Waals surface area contributed by atoms with Crippen molar-refractivity contribution in [1.29, 1.82) is 0 Å². The summed E-state index contributed by atoms with van der Waals surface area (Å²) in [4.78, 5) is 28.8. The molecule has 1 amide bonds. The van der Waals surface area contributed by atoms with Crippen molar-refractivity contribution in [2.45, 2.75) is 49.1 Å². The molecule has 1 N–H and O–H groups in total. The van der Waals surface area contributed by atoms with Gasteiger partial charge in [0.2, 0.25) is 0 Å². The molecule has 4 saturated carbocycles. The first-order valence-corrected chi connectivity index (χ1v) is 10.3. The van der Waals surface area contributed by atoms with Crippen LogP contribution in [0.3, 0.4) is 0 Å². The molecule has 1 aromatic heterocycles. The zero-order valence-electron chi connectivity index (χ0n) is 14.5. The molecule has 1 heterocycles. The van der Waals surface area contributed by atoms with Crippen molar-refractivity contribution in [3.05, 3.63) is 23.9 Å². The number of thioether (sulfide) groups is 1. The summed E-state index contributed by atoms with van der Waals surface area (Å²) >= 11 is 1.39. The molecule has 1 aromatic rings. The second kappa shape index (κ2) is 6.63. The second-order valence-electron chi connectivity index (χ2n) is 7.88. The summed E-state index contributed by atoms with van der Waals surface area (Å²) in [6.07, 6.45) is 10.8. The number of amides is 1. The molecule has 0 saturated heterocycles. The third kappa shape index (κ3) is 3.41. The zero-order chi connectivity index (χ0) is 17.4. The minimum Gasteiger partial charge on any atom is -0.452 e. The summed E-state index contributed by atoms with van der Waals surface area (Å²) in [5.74, 6) is 1.65. The molecule has 4 aliphatic carbocycles. The highest BCUT2D eigenvalue weighted by molar-refractivity contribution is 7.98. The molecule has 134 valence electrons. The van der Waals surface area contributed by atoms with Crippen LogP contribution in [-0.2, 0) is 9.53 Å². The molecule has 0 aromatic carbocycles. The van der Waals surface area contributed by atoms with Crippen molar-refractivity contribution < 1.29 is 14.3 Å². The number of carbonyl (C=O) groups excluding carboxylic acids is 2. The maximum atomic E-state index is 12.4. The van der Waals surface area contributed by atoms with E-state index in [0.717, 1.165) is 37.0 Å². The quantitative estimate of drug-likeness (QED) is 0.646. The molecule has 25 heavy (non-hydrogen) atoms. The molecule has 4 aliphatic rings. The van der Waals surface area contributed by atoms with Gasteiger partial charge in [-0.25, -0.2) is 9.78 Å². The Balaban J connectivity index is 1.34. The Morgan fingerprint density at radius 3 is 2.48 bits per heavy atom. The van der Waals surface area contributed by atoms with Crippen LogP contribution in [0.15, 0.2) is 23.4 Å². The molecule has 0 aliphatic heterocycles. The fraction of sp³-hybridized carbons (Fsp3) is 0.632. The first-order chi connectivity index (χ1) is 12.1. The highest BCUT2D eigenvalue weighted by atomic mass is 32.2. The predicted octanol–water partition coefficient (Wildman–Crippen LogP) is 3.05. The smallest absolute Gasteiger partial charge is 0.341 e. The fourth-order valence-corrected chi connectivity index (χ4v) is 6.05. The third-order valence-electron chi connectivity index (χ3n) is 5.96. The van der Waals surface area contributed by atoms with Gasteiger partial charge in [0.15, 0.2) is 6.61 Å². The van der Waals surface area contributed by atoms with Gasteiger partial charge in [-0.1, -0.05) is 0 Å². The van der Waals surface area contributed by atoms with E-state index in [2.05, 4.69) is 10.3 Å². The number of ether oxygens (including phenoxy) is 1. The van der Waals surface area contributed by atoms with E-state index in [1.165, 1.54) is 31.0 Å². The normalized spacial score (nSPS) is 32.4. The number of hydrogen-bond donors (Lipinski definition) is 1. The largest absolute Gasteiger partial charge is 0.452 e. The number of nitrogens with one attached hydrogen (secondary N) is 1. The minimum atomic E-state index is -0.488. The Morgan fingerprint density at radius 2 is 1.88 bits per heavy atom. The average molecular weight is 360 g/mol. The highest BCUT2D eigenvalue weighted by Crippen LogP contribution is 2.55. The summed E-state index contributed by atoms with van der Waals surface area (Å²) in [7, 11) is 0. The molecule has 0 radical (unpaired) electrons. The molecule has 5 rings (SSSR count). The van der Waals surface area contributed by atoms with Crippen LogP contribution >= 0.6 is 11.8 Å². The van der Waals surface area contributed by atoms with Gasteiger partial charge in [-0.3, -0.25) is 4.79 Å². The molecule has 4 fully saturated rings. The Kier molecular flexibility index (Phi) is 4.48. The summed E-state index contributed by atoms with van der Waals surface area (Å²) in [5.41, 5.74) is 0.370. The van der Waals surface area contributed by atoms with E-state index >= 15 is 0 Å². The van der Waals surface area contributed by atoms with Crippen molar-refractivity contribution in [2.24, 2.45) is 17.8 Å². The Hall–Kier alpha value is -1.56. The lowest BCUT2D eigenvalue weighted by Crippen LogP contribution is -2.60. The van der Waals surface area contributed by atoms with Crippen LogP contribution in [0.2, 0.25) is 0 Å². The van der Waals surface area contributed by atoms with Gasteiger partial charge in [-0.05, 0) is 74.7 Å². The van der Waals surface area contributed by atoms with E-state index < -0.39 is 5.97 Å². The Labute approximate surface area is 152 Å². The van der Waals surface area contributed by atoms with Crippen LogP contribution in [0.25, 0.3) is 0 Å². The van der Waals surface area contributed by atoms with E-state index in [0.29, 0.717) is 10.6 Å². The van der Waals surface area contributed by atoms with E-state index in [1.54, 1.807) is 18.3 Å². The molecule has 0 unspecified atom stereocenters. The van der Waals surface area contributed by atoms with E-state index in [-0.39, 0.29) is 18.1 Å². The summed E-state index contributed by atoms with van der Waals surface area (Å²) in [6.45, 7) is -0.219. The van der Waals surface area contributed by atoms with Crippen LogP contribution in [0.4, 0.5) is 0 Å². The number of esters is 1. The van der Waals surface area contributed by atoms with Gasteiger partial charge in [0.25, 0.3) is 5.91 Å². The minimum absolute atomic E-state index is 0.0447. The van der Waals surface area contributed by atoms with Gasteiger partial charge in [-0.2, -0.15) is 0 Å². The first-order valence-electron chi connectivity index (χ1n) is 9.04. The first kappa shape index (κ1) is 16.9. The van der Waals surface area contributed by atoms with Gasteiger partial charge < -0.3 is 10.1 Å². The number of carbonyl (C=O) groups is 2. The molecule has 0 spiro atoms. The van der Waals surface area contributed by atoms with Crippen molar-refractivity contribution in [3.8, 4) is 0 Å². The molecular weight excluding hydrogens is 336 g/mol. The molecule has 6 heteroatoms. The average Bonchev–Trinajstić information content (AvgIpc) is 2.58. The summed E-state index contributed by atoms with van der Waals surface area (Å²) < 4.78 is 5.24. The number of hydrogen-bond acceptors (Lipinski definition) is 5. The van der Waals surface area contributed by atoms with Gasteiger partial charge >= 0.3 is 5.97 Å². The van der Waals surface area contributed by atoms with E-state index in [9.17, 15) is 9.59 Å². The third-order valence-corrected chi connectivity index (χ3v) is 6.67. The van der Waals surface area contributed by atoms with E-state index in [4.69, 9.17) is 4.74 Å². The molecule has 4 bridgehead atoms. The lowest BCUT2D eigenvalue weighted by Gasteiger charge is -2.56. The van der Waals surface area contributed by atoms with Crippen molar-refractivity contribution in [2.75, 3.05) is 12.9 Å². The van der Waals surface area contributed by atoms with E-state index in [1.807, 2.05) is 6.26 Å². The van der Waals surface area contributed by atoms with Gasteiger partial charge in [0, 0.05) is 11.7 Å². The van der Waals surface area contributed by atoms with Crippen LogP contribution in [0, 0.1) is 17.8 Å². The lowest BCUT2D eigenvalue weighted by molar-refractivity contribution is -0.130. The maximum Gasteiger partial charge on any atom is 0.341 e. The predicted molar refractivity (Wildman–Crippen MR) is 95.3 cm³/mol. The van der Waals surface area contributed by atoms with Gasteiger partial charge in [-0.15, -0.1) is 11.8 Å². The molecule has 5 nitrogen and oxygen atoms in total. The standard InChI is InChI=1S/C19H24N2O3S/c1-25-17-15(3-2-4-20-17)18(23)24-11-16(22)21-19-8-12-5-13(9-19)7-14(6-12)10-19/h2-4,12-14H,5-11H2,1H3,(H,21,22). The van der Waals surface area contributed by atoms with Gasteiger partial charge in [0.05, 0.1) is 5.56 Å². The summed E-state index contributed by atoms with van der Waals surface area (Å²) in [6, 6.07) is 3.38. The van der Waals surface area contributed by atoms with Gasteiger partial charge in [0.1, 0.15) is 5.03 Å². The monoisotopic (exact) mass is 360 g/mol. The SMILES string of the molecule is CSc1ncccc1C(=O)OCC(=O)NC12CC3CC(CC(C3)C1)C2. The molecular formula is C19H24N2O3S. The number of aromatic nitrogens is 1. The topological polar surface area (TPSA) is 68.3 Å². The van der Waals surface area contributed by atoms with Crippen LogP contribution < -0.4 is 5.32 Å². The number of pyridine rings is 1. The van der Waals surface area contributed by atoms with Crippen LogP contribution in [0.5, 0.6) is 0 Å². The molecule has 0 atom stereocenters.